The number of sulfonamides is 1. The molecule has 0 saturated carbocycles. The lowest BCUT2D eigenvalue weighted by molar-refractivity contribution is 0.0880. The summed E-state index contributed by atoms with van der Waals surface area (Å²) in [7, 11) is -3.15. The van der Waals surface area contributed by atoms with E-state index >= 15 is 0 Å². The molecule has 2 rings (SSSR count). The SMILES string of the molecule is CC(C)OCCS(=O)(=O)N1CCN(C2CNC2)CC1. The first-order valence-electron chi connectivity index (χ1n) is 7.03. The number of nitrogens with one attached hydrogen (secondary N) is 1. The molecule has 0 bridgehead atoms. The van der Waals surface area contributed by atoms with Gasteiger partial charge in [-0.1, -0.05) is 0 Å². The number of ether oxygens (including phenoxy) is 1. The second-order valence-electron chi connectivity index (χ2n) is 5.48. The summed E-state index contributed by atoms with van der Waals surface area (Å²) in [5.41, 5.74) is 0. The van der Waals surface area contributed by atoms with Crippen molar-refractivity contribution in [1.29, 1.82) is 0 Å². The van der Waals surface area contributed by atoms with Crippen LogP contribution in [0.25, 0.3) is 0 Å². The smallest absolute Gasteiger partial charge is 0.216 e. The molecule has 6 nitrogen and oxygen atoms in total. The van der Waals surface area contributed by atoms with Gasteiger partial charge in [0.05, 0.1) is 18.5 Å². The lowest BCUT2D eigenvalue weighted by atomic mass is 10.1. The molecule has 1 N–H and O–H groups in total. The highest BCUT2D eigenvalue weighted by molar-refractivity contribution is 7.89. The van der Waals surface area contributed by atoms with Crippen LogP contribution < -0.4 is 5.32 Å². The average molecular weight is 291 g/mol. The highest BCUT2D eigenvalue weighted by Crippen LogP contribution is 2.12. The number of nitrogens with zero attached hydrogens (tertiary/aromatic N) is 2. The van der Waals surface area contributed by atoms with Crippen molar-refractivity contribution in [1.82, 2.24) is 14.5 Å². The van der Waals surface area contributed by atoms with E-state index in [0.29, 0.717) is 19.1 Å². The molecule has 0 amide bonds. The van der Waals surface area contributed by atoms with Crippen molar-refractivity contribution in [3.8, 4) is 0 Å². The van der Waals surface area contributed by atoms with Crippen molar-refractivity contribution in [2.24, 2.45) is 0 Å². The molecular weight excluding hydrogens is 266 g/mol. The summed E-state index contributed by atoms with van der Waals surface area (Å²) in [4.78, 5) is 2.38. The standard InChI is InChI=1S/C12H25N3O3S/c1-11(2)18-7-8-19(16,17)15-5-3-14(4-6-15)12-9-13-10-12/h11-13H,3-10H2,1-2H3. The molecule has 2 aliphatic heterocycles. The molecular formula is C12H25N3O3S. The van der Waals surface area contributed by atoms with Crippen LogP contribution in [0.4, 0.5) is 0 Å². The fourth-order valence-electron chi connectivity index (χ4n) is 2.40. The molecule has 112 valence electrons. The van der Waals surface area contributed by atoms with Crippen molar-refractivity contribution in [2.45, 2.75) is 26.0 Å². The zero-order chi connectivity index (χ0) is 13.9. The molecule has 7 heteroatoms. The van der Waals surface area contributed by atoms with Gasteiger partial charge < -0.3 is 10.1 Å². The van der Waals surface area contributed by atoms with E-state index in [0.717, 1.165) is 26.2 Å². The van der Waals surface area contributed by atoms with Crippen LogP contribution in [0.15, 0.2) is 0 Å². The predicted octanol–water partition coefficient (Wildman–Crippen LogP) is -0.669. The minimum atomic E-state index is -3.15. The Morgan fingerprint density at radius 3 is 2.32 bits per heavy atom. The first-order valence-corrected chi connectivity index (χ1v) is 8.64. The lowest BCUT2D eigenvalue weighted by Gasteiger charge is -2.42. The maximum absolute atomic E-state index is 12.1. The number of hydrogen-bond acceptors (Lipinski definition) is 5. The molecule has 0 aromatic rings. The third kappa shape index (κ3) is 4.13. The Morgan fingerprint density at radius 2 is 1.84 bits per heavy atom. The normalized spacial score (nSPS) is 23.7. The second-order valence-corrected chi connectivity index (χ2v) is 7.57. The highest BCUT2D eigenvalue weighted by atomic mass is 32.2. The molecule has 2 saturated heterocycles. The molecule has 2 heterocycles. The molecule has 0 aromatic carbocycles. The molecule has 0 aliphatic carbocycles. The Morgan fingerprint density at radius 1 is 1.21 bits per heavy atom. The monoisotopic (exact) mass is 291 g/mol. The van der Waals surface area contributed by atoms with E-state index in [2.05, 4.69) is 10.2 Å². The maximum Gasteiger partial charge on any atom is 0.216 e. The Balaban J connectivity index is 1.75. The molecule has 0 aromatic heterocycles. The maximum atomic E-state index is 12.1. The molecule has 2 aliphatic rings. The van der Waals surface area contributed by atoms with Crippen LogP contribution >= 0.6 is 0 Å². The van der Waals surface area contributed by atoms with Crippen LogP contribution in [-0.4, -0.2) is 81.4 Å². The Labute approximate surface area is 116 Å². The van der Waals surface area contributed by atoms with Gasteiger partial charge in [0.15, 0.2) is 0 Å². The van der Waals surface area contributed by atoms with E-state index < -0.39 is 10.0 Å². The van der Waals surface area contributed by atoms with Gasteiger partial charge in [0.25, 0.3) is 0 Å². The van der Waals surface area contributed by atoms with Crippen LogP contribution in [0.3, 0.4) is 0 Å². The van der Waals surface area contributed by atoms with Gasteiger partial charge in [-0.2, -0.15) is 4.31 Å². The Bertz CT molecular complexity index is 374. The Kier molecular flexibility index (Phi) is 5.19. The van der Waals surface area contributed by atoms with Crippen LogP contribution in [-0.2, 0) is 14.8 Å². The molecule has 0 unspecified atom stereocenters. The highest BCUT2D eigenvalue weighted by Gasteiger charge is 2.31. The summed E-state index contributed by atoms with van der Waals surface area (Å²) in [6.45, 7) is 9.10. The third-order valence-electron chi connectivity index (χ3n) is 3.74. The Hall–Kier alpha value is -0.210. The largest absolute Gasteiger partial charge is 0.378 e. The summed E-state index contributed by atoms with van der Waals surface area (Å²) >= 11 is 0. The summed E-state index contributed by atoms with van der Waals surface area (Å²) in [6.07, 6.45) is 0.0816. The fourth-order valence-corrected chi connectivity index (χ4v) is 3.68. The average Bonchev–Trinajstić information content (AvgIpc) is 2.26. The van der Waals surface area contributed by atoms with Crippen LogP contribution in [0.5, 0.6) is 0 Å². The van der Waals surface area contributed by atoms with Crippen molar-refractivity contribution in [3.63, 3.8) is 0 Å². The first-order chi connectivity index (χ1) is 8.99. The summed E-state index contributed by atoms with van der Waals surface area (Å²) in [6, 6.07) is 0.606. The molecule has 0 spiro atoms. The molecule has 0 radical (unpaired) electrons. The van der Waals surface area contributed by atoms with Gasteiger partial charge in [-0.15, -0.1) is 0 Å². The zero-order valence-electron chi connectivity index (χ0n) is 11.8. The molecule has 0 atom stereocenters. The van der Waals surface area contributed by atoms with Gasteiger partial charge in [0.1, 0.15) is 0 Å². The van der Waals surface area contributed by atoms with E-state index in [9.17, 15) is 8.42 Å². The quantitative estimate of drug-likeness (QED) is 0.703. The summed E-state index contributed by atoms with van der Waals surface area (Å²) in [5.74, 6) is 0.0934. The van der Waals surface area contributed by atoms with Gasteiger partial charge in [0, 0.05) is 45.3 Å². The van der Waals surface area contributed by atoms with Gasteiger partial charge in [0.2, 0.25) is 10.0 Å². The second kappa shape index (κ2) is 6.49. The topological polar surface area (TPSA) is 61.9 Å². The van der Waals surface area contributed by atoms with E-state index in [-0.39, 0.29) is 18.5 Å². The van der Waals surface area contributed by atoms with E-state index in [1.165, 1.54) is 0 Å². The van der Waals surface area contributed by atoms with Crippen LogP contribution in [0.1, 0.15) is 13.8 Å². The van der Waals surface area contributed by atoms with Gasteiger partial charge in [-0.05, 0) is 13.8 Å². The van der Waals surface area contributed by atoms with Gasteiger partial charge >= 0.3 is 0 Å². The van der Waals surface area contributed by atoms with E-state index in [1.807, 2.05) is 13.8 Å². The predicted molar refractivity (Wildman–Crippen MR) is 74.7 cm³/mol. The van der Waals surface area contributed by atoms with Gasteiger partial charge in [-0.25, -0.2) is 8.42 Å². The van der Waals surface area contributed by atoms with E-state index in [4.69, 9.17) is 4.74 Å². The number of piperazine rings is 1. The van der Waals surface area contributed by atoms with Crippen LogP contribution in [0.2, 0.25) is 0 Å². The molecule has 2 fully saturated rings. The molecule has 19 heavy (non-hydrogen) atoms. The third-order valence-corrected chi connectivity index (χ3v) is 5.57. The summed E-state index contributed by atoms with van der Waals surface area (Å²) in [5, 5.41) is 3.25. The van der Waals surface area contributed by atoms with Crippen LogP contribution in [0, 0.1) is 0 Å². The fraction of sp³-hybridized carbons (Fsp3) is 1.00. The number of hydrogen-bond donors (Lipinski definition) is 1. The summed E-state index contributed by atoms with van der Waals surface area (Å²) < 4.78 is 31.2. The van der Waals surface area contributed by atoms with Crippen molar-refractivity contribution in [2.75, 3.05) is 51.6 Å². The number of rotatable bonds is 6. The van der Waals surface area contributed by atoms with Crippen molar-refractivity contribution < 1.29 is 13.2 Å². The van der Waals surface area contributed by atoms with E-state index in [1.54, 1.807) is 4.31 Å². The minimum absolute atomic E-state index is 0.0816. The minimum Gasteiger partial charge on any atom is -0.378 e. The first kappa shape index (κ1) is 15.2. The lowest BCUT2D eigenvalue weighted by Crippen LogP contribution is -2.62. The van der Waals surface area contributed by atoms with Crippen molar-refractivity contribution >= 4 is 10.0 Å². The van der Waals surface area contributed by atoms with Crippen molar-refractivity contribution in [3.05, 3.63) is 0 Å². The zero-order valence-corrected chi connectivity index (χ0v) is 12.7. The van der Waals surface area contributed by atoms with Gasteiger partial charge in [-0.3, -0.25) is 4.90 Å².